The molecule has 1 atom stereocenters. The van der Waals surface area contributed by atoms with Crippen LogP contribution in [0.15, 0.2) is 12.3 Å². The molecule has 7 nitrogen and oxygen atoms in total. The van der Waals surface area contributed by atoms with Crippen molar-refractivity contribution in [1.82, 2.24) is 24.8 Å². The van der Waals surface area contributed by atoms with E-state index in [9.17, 15) is 4.79 Å². The highest BCUT2D eigenvalue weighted by molar-refractivity contribution is 5.88. The number of piperazine rings is 1. The normalized spacial score (nSPS) is 22.5. The van der Waals surface area contributed by atoms with Crippen LogP contribution in [0.1, 0.15) is 18.7 Å². The molecule has 0 saturated carbocycles. The van der Waals surface area contributed by atoms with Crippen LogP contribution in [-0.4, -0.2) is 76.5 Å². The Morgan fingerprint density at radius 3 is 2.71 bits per heavy atom. The predicted molar refractivity (Wildman–Crippen MR) is 93.1 cm³/mol. The molecule has 7 heteroatoms. The average Bonchev–Trinajstić information content (AvgIpc) is 3.22. The van der Waals surface area contributed by atoms with Gasteiger partial charge in [-0.3, -0.25) is 9.69 Å². The molecule has 0 spiro atoms. The molecule has 128 valence electrons. The lowest BCUT2D eigenvalue weighted by molar-refractivity contribution is -0.135. The zero-order valence-corrected chi connectivity index (χ0v) is 14.3. The molecule has 2 fully saturated rings. The average molecular weight is 328 g/mol. The van der Waals surface area contributed by atoms with Gasteiger partial charge in [0.2, 0.25) is 5.91 Å². The molecule has 24 heavy (non-hydrogen) atoms. The monoisotopic (exact) mass is 328 g/mol. The van der Waals surface area contributed by atoms with Gasteiger partial charge in [0.25, 0.3) is 0 Å². The number of carbonyl (C=O) groups excluding carboxylic acids is 1. The summed E-state index contributed by atoms with van der Waals surface area (Å²) in [5.41, 5.74) is 0.878. The smallest absolute Gasteiger partial charge is 0.240 e. The number of fused-ring (bicyclic) bond motifs is 1. The summed E-state index contributed by atoms with van der Waals surface area (Å²) in [6, 6.07) is 2.10. The highest BCUT2D eigenvalue weighted by Crippen LogP contribution is 2.25. The van der Waals surface area contributed by atoms with Crippen molar-refractivity contribution in [3.05, 3.63) is 18.1 Å². The van der Waals surface area contributed by atoms with Crippen molar-refractivity contribution in [2.45, 2.75) is 25.8 Å². The number of rotatable bonds is 2. The van der Waals surface area contributed by atoms with Gasteiger partial charge in [-0.05, 0) is 39.4 Å². The number of aryl methyl sites for hydroxylation is 1. The number of H-pyrrole nitrogens is 1. The van der Waals surface area contributed by atoms with Crippen LogP contribution in [0.2, 0.25) is 0 Å². The van der Waals surface area contributed by atoms with Crippen molar-refractivity contribution < 1.29 is 4.79 Å². The van der Waals surface area contributed by atoms with Crippen molar-refractivity contribution in [1.29, 1.82) is 0 Å². The number of carbonyl (C=O) groups is 1. The molecule has 0 aromatic carbocycles. The van der Waals surface area contributed by atoms with Gasteiger partial charge in [-0.1, -0.05) is 0 Å². The molecule has 2 aromatic heterocycles. The summed E-state index contributed by atoms with van der Waals surface area (Å²) >= 11 is 0. The zero-order chi connectivity index (χ0) is 16.7. The number of nitrogens with one attached hydrogen (secondary N) is 1. The van der Waals surface area contributed by atoms with Crippen molar-refractivity contribution in [3.8, 4) is 0 Å². The minimum absolute atomic E-state index is 0.0780. The van der Waals surface area contributed by atoms with E-state index in [1.54, 1.807) is 0 Å². The Labute approximate surface area is 141 Å². The van der Waals surface area contributed by atoms with Gasteiger partial charge in [0.15, 0.2) is 0 Å². The number of aromatic amines is 1. The van der Waals surface area contributed by atoms with Crippen LogP contribution in [0.3, 0.4) is 0 Å². The third-order valence-electron chi connectivity index (χ3n) is 5.20. The van der Waals surface area contributed by atoms with Crippen LogP contribution in [0.25, 0.3) is 11.0 Å². The van der Waals surface area contributed by atoms with Crippen LogP contribution >= 0.6 is 0 Å². The molecule has 1 unspecified atom stereocenters. The van der Waals surface area contributed by atoms with Crippen molar-refractivity contribution in [3.63, 3.8) is 0 Å². The topological polar surface area (TPSA) is 68.4 Å². The van der Waals surface area contributed by atoms with E-state index in [0.29, 0.717) is 5.91 Å². The lowest BCUT2D eigenvalue weighted by atomic mass is 10.1. The van der Waals surface area contributed by atoms with Gasteiger partial charge < -0.3 is 14.8 Å². The summed E-state index contributed by atoms with van der Waals surface area (Å²) in [4.78, 5) is 31.4. The Balaban J connectivity index is 1.47. The SMILES string of the molecule is Cc1nc(N2CCN(C(=O)C3CCCN3C)CC2)c2cc[nH]c2n1. The lowest BCUT2D eigenvalue weighted by Crippen LogP contribution is -2.53. The summed E-state index contributed by atoms with van der Waals surface area (Å²) in [6.45, 7) is 6.11. The third-order valence-corrected chi connectivity index (χ3v) is 5.20. The molecule has 1 N–H and O–H groups in total. The minimum Gasteiger partial charge on any atom is -0.352 e. The van der Waals surface area contributed by atoms with Crippen molar-refractivity contribution in [2.75, 3.05) is 44.7 Å². The molecule has 2 aliphatic heterocycles. The van der Waals surface area contributed by atoms with E-state index >= 15 is 0 Å². The summed E-state index contributed by atoms with van der Waals surface area (Å²) < 4.78 is 0. The molecule has 4 rings (SSSR count). The molecule has 0 radical (unpaired) electrons. The first-order valence-electron chi connectivity index (χ1n) is 8.69. The Hall–Kier alpha value is -2.15. The number of anilines is 1. The Morgan fingerprint density at radius 2 is 2.00 bits per heavy atom. The van der Waals surface area contributed by atoms with Gasteiger partial charge in [-0.15, -0.1) is 0 Å². The maximum absolute atomic E-state index is 12.7. The fourth-order valence-corrected chi connectivity index (χ4v) is 3.85. The Kier molecular flexibility index (Phi) is 3.88. The molecule has 2 aliphatic rings. The second-order valence-electron chi connectivity index (χ2n) is 6.79. The Morgan fingerprint density at radius 1 is 1.21 bits per heavy atom. The van der Waals surface area contributed by atoms with Crippen molar-refractivity contribution in [2.24, 2.45) is 0 Å². The molecule has 1 amide bonds. The summed E-state index contributed by atoms with van der Waals surface area (Å²) in [6.07, 6.45) is 4.02. The van der Waals surface area contributed by atoms with E-state index in [4.69, 9.17) is 0 Å². The maximum atomic E-state index is 12.7. The van der Waals surface area contributed by atoms with Crippen molar-refractivity contribution >= 4 is 22.8 Å². The van der Waals surface area contributed by atoms with E-state index in [0.717, 1.165) is 68.2 Å². The van der Waals surface area contributed by atoms with E-state index in [1.165, 1.54) is 0 Å². The van der Waals surface area contributed by atoms with E-state index in [-0.39, 0.29) is 6.04 Å². The second-order valence-corrected chi connectivity index (χ2v) is 6.79. The van der Waals surface area contributed by atoms with Crippen LogP contribution in [0.5, 0.6) is 0 Å². The number of hydrogen-bond acceptors (Lipinski definition) is 5. The summed E-state index contributed by atoms with van der Waals surface area (Å²) in [5.74, 6) is 2.04. The van der Waals surface area contributed by atoms with Gasteiger partial charge in [0.1, 0.15) is 17.3 Å². The van der Waals surface area contributed by atoms with Gasteiger partial charge in [-0.2, -0.15) is 0 Å². The standard InChI is InChI=1S/C17H24N6O/c1-12-19-15-13(5-6-18-15)16(20-12)22-8-10-23(11-9-22)17(24)14-4-3-7-21(14)2/h5-6,14H,3-4,7-11H2,1-2H3,(H,18,19,20). The van der Waals surface area contributed by atoms with Crippen LogP contribution < -0.4 is 4.90 Å². The number of amides is 1. The fourth-order valence-electron chi connectivity index (χ4n) is 3.85. The maximum Gasteiger partial charge on any atom is 0.240 e. The molecule has 0 aliphatic carbocycles. The van der Waals surface area contributed by atoms with Crippen LogP contribution in [0.4, 0.5) is 5.82 Å². The molecule has 4 heterocycles. The Bertz CT molecular complexity index is 749. The van der Waals surface area contributed by atoms with E-state index in [1.807, 2.05) is 24.1 Å². The molecule has 2 aromatic rings. The zero-order valence-electron chi connectivity index (χ0n) is 14.3. The van der Waals surface area contributed by atoms with E-state index in [2.05, 4.69) is 31.8 Å². The van der Waals surface area contributed by atoms with Gasteiger partial charge in [0, 0.05) is 32.4 Å². The lowest BCUT2D eigenvalue weighted by Gasteiger charge is -2.37. The first kappa shape index (κ1) is 15.4. The number of aromatic nitrogens is 3. The molecular weight excluding hydrogens is 304 g/mol. The highest BCUT2D eigenvalue weighted by atomic mass is 16.2. The predicted octanol–water partition coefficient (Wildman–Crippen LogP) is 1.01. The van der Waals surface area contributed by atoms with E-state index < -0.39 is 0 Å². The molecule has 2 saturated heterocycles. The van der Waals surface area contributed by atoms with Gasteiger partial charge >= 0.3 is 0 Å². The number of likely N-dealkylation sites (N-methyl/N-ethyl adjacent to an activating group) is 1. The highest BCUT2D eigenvalue weighted by Gasteiger charge is 2.33. The fraction of sp³-hybridized carbons (Fsp3) is 0.588. The quantitative estimate of drug-likeness (QED) is 0.891. The van der Waals surface area contributed by atoms with Gasteiger partial charge in [0.05, 0.1) is 11.4 Å². The molecular formula is C17H24N6O. The molecule has 0 bridgehead atoms. The number of nitrogens with zero attached hydrogens (tertiary/aromatic N) is 5. The number of hydrogen-bond donors (Lipinski definition) is 1. The first-order chi connectivity index (χ1) is 11.6. The third kappa shape index (κ3) is 2.62. The summed E-state index contributed by atoms with van der Waals surface area (Å²) in [5, 5.41) is 1.05. The second kappa shape index (κ2) is 6.05. The number of likely N-dealkylation sites (tertiary alicyclic amines) is 1. The minimum atomic E-state index is 0.0780. The summed E-state index contributed by atoms with van der Waals surface area (Å²) in [7, 11) is 2.05. The first-order valence-corrected chi connectivity index (χ1v) is 8.69. The largest absolute Gasteiger partial charge is 0.352 e. The van der Waals surface area contributed by atoms with Crippen LogP contribution in [0, 0.1) is 6.92 Å². The van der Waals surface area contributed by atoms with Crippen LogP contribution in [-0.2, 0) is 4.79 Å². The van der Waals surface area contributed by atoms with Gasteiger partial charge in [-0.25, -0.2) is 9.97 Å².